The number of aryl methyl sites for hydroxylation is 1. The molecule has 4 heteroatoms. The molecule has 58 valence electrons. The van der Waals surface area contributed by atoms with E-state index in [2.05, 4.69) is 20.9 Å². The van der Waals surface area contributed by atoms with E-state index in [4.69, 9.17) is 5.16 Å². The first kappa shape index (κ1) is 8.82. The first-order chi connectivity index (χ1) is 5.11. The van der Waals surface area contributed by atoms with Crippen LogP contribution in [0.2, 0.25) is 0 Å². The van der Waals surface area contributed by atoms with E-state index in [0.29, 0.717) is 0 Å². The third-order valence-corrected chi connectivity index (χ3v) is 3.14. The molecule has 0 aliphatic heterocycles. The molecule has 0 amide bonds. The largest absolute Gasteiger partial charge is 0.260 e. The normalized spacial score (nSPS) is 11.4. The average Bonchev–Trinajstić information content (AvgIpc) is 1.94. The maximum atomic E-state index is 7.47. The van der Waals surface area contributed by atoms with Gasteiger partial charge in [0.1, 0.15) is 6.66 Å². The zero-order valence-electron chi connectivity index (χ0n) is 6.43. The molecule has 1 unspecified atom stereocenters. The van der Waals surface area contributed by atoms with Crippen LogP contribution >= 0.6 is 23.6 Å². The van der Waals surface area contributed by atoms with Gasteiger partial charge in [0, 0.05) is 16.7 Å². The predicted octanol–water partition coefficient (Wildman–Crippen LogP) is 2.65. The summed E-state index contributed by atoms with van der Waals surface area (Å²) in [5, 5.41) is 7.47. The van der Waals surface area contributed by atoms with E-state index in [1.165, 1.54) is 0 Å². The van der Waals surface area contributed by atoms with E-state index in [1.807, 2.05) is 19.7 Å². The Labute approximate surface area is 75.4 Å². The summed E-state index contributed by atoms with van der Waals surface area (Å²) in [6.45, 7) is 3.89. The van der Waals surface area contributed by atoms with Crippen molar-refractivity contribution in [3.8, 4) is 0 Å². The van der Waals surface area contributed by atoms with Gasteiger partial charge >= 0.3 is 0 Å². The Kier molecular flexibility index (Phi) is 2.74. The molecule has 0 bridgehead atoms. The minimum Gasteiger partial charge on any atom is -0.213 e. The summed E-state index contributed by atoms with van der Waals surface area (Å²) in [6.07, 6.45) is 1.76. The van der Waals surface area contributed by atoms with E-state index in [9.17, 15) is 0 Å². The summed E-state index contributed by atoms with van der Waals surface area (Å²) in [5.41, 5.74) is 2.04. The van der Waals surface area contributed by atoms with Gasteiger partial charge in [-0.2, -0.15) is 0 Å². The second-order valence-electron chi connectivity index (χ2n) is 2.35. The molecule has 11 heavy (non-hydrogen) atoms. The molecule has 0 aromatic carbocycles. The molecule has 0 aliphatic rings. The van der Waals surface area contributed by atoms with Crippen LogP contribution in [0.1, 0.15) is 5.56 Å². The molecule has 1 aromatic rings. The SMILES string of the molecule is Cc1cc([P+](C)=N)ncc1Br. The van der Waals surface area contributed by atoms with E-state index in [0.717, 1.165) is 15.5 Å². The van der Waals surface area contributed by atoms with Crippen LogP contribution in [0.25, 0.3) is 0 Å². The molecule has 1 atom stereocenters. The average molecular weight is 232 g/mol. The Hall–Kier alpha value is -0.270. The van der Waals surface area contributed by atoms with Gasteiger partial charge in [0.25, 0.3) is 13.1 Å². The number of hydrogen-bond donors (Lipinski definition) is 1. The van der Waals surface area contributed by atoms with E-state index >= 15 is 0 Å². The van der Waals surface area contributed by atoms with Crippen molar-refractivity contribution in [1.29, 1.82) is 5.16 Å². The van der Waals surface area contributed by atoms with Crippen molar-refractivity contribution in [2.45, 2.75) is 6.92 Å². The third kappa shape index (κ3) is 2.08. The molecule has 0 aliphatic carbocycles. The minimum absolute atomic E-state index is 0.806. The molecular weight excluding hydrogens is 223 g/mol. The summed E-state index contributed by atoms with van der Waals surface area (Å²) in [5.74, 6) is 0. The van der Waals surface area contributed by atoms with Crippen LogP contribution in [-0.4, -0.2) is 11.6 Å². The van der Waals surface area contributed by atoms with Crippen molar-refractivity contribution in [1.82, 2.24) is 4.98 Å². The van der Waals surface area contributed by atoms with Crippen LogP contribution in [0.3, 0.4) is 0 Å². The summed E-state index contributed by atoms with van der Waals surface area (Å²) < 4.78 is 1.01. The van der Waals surface area contributed by atoms with E-state index in [-0.39, 0.29) is 0 Å². The first-order valence-corrected chi connectivity index (χ1v) is 5.76. The van der Waals surface area contributed by atoms with Crippen molar-refractivity contribution in [3.63, 3.8) is 0 Å². The van der Waals surface area contributed by atoms with Crippen molar-refractivity contribution >= 4 is 29.1 Å². The Morgan fingerprint density at radius 2 is 2.27 bits per heavy atom. The molecule has 1 aromatic heterocycles. The van der Waals surface area contributed by atoms with Crippen molar-refractivity contribution in [3.05, 3.63) is 22.3 Å². The number of nitrogens with zero attached hydrogens (tertiary/aromatic N) is 1. The van der Waals surface area contributed by atoms with Crippen molar-refractivity contribution in [2.75, 3.05) is 6.66 Å². The lowest BCUT2D eigenvalue weighted by Gasteiger charge is -1.94. The first-order valence-electron chi connectivity index (χ1n) is 3.18. The second-order valence-corrected chi connectivity index (χ2v) is 4.78. The third-order valence-electron chi connectivity index (χ3n) is 1.38. The van der Waals surface area contributed by atoms with Gasteiger partial charge in [-0.05, 0) is 28.4 Å². The maximum Gasteiger partial charge on any atom is 0.260 e. The molecule has 0 fully saturated rings. The number of nitrogens with one attached hydrogen (secondary N) is 1. The summed E-state index contributed by atoms with van der Waals surface area (Å²) in [7, 11) is -0.806. The molecule has 1 rings (SSSR count). The summed E-state index contributed by atoms with van der Waals surface area (Å²) in [6, 6.07) is 1.96. The van der Waals surface area contributed by atoms with Gasteiger partial charge in [-0.1, -0.05) is 0 Å². The lowest BCUT2D eigenvalue weighted by atomic mass is 10.3. The summed E-state index contributed by atoms with van der Waals surface area (Å²) >= 11 is 3.36. The fourth-order valence-electron chi connectivity index (χ4n) is 0.708. The molecule has 2 nitrogen and oxygen atoms in total. The van der Waals surface area contributed by atoms with Gasteiger partial charge in [-0.15, -0.1) is 5.16 Å². The zero-order valence-corrected chi connectivity index (χ0v) is 8.91. The highest BCUT2D eigenvalue weighted by Crippen LogP contribution is 2.17. The number of pyridine rings is 1. The summed E-state index contributed by atoms with van der Waals surface area (Å²) in [4.78, 5) is 4.13. The number of rotatable bonds is 1. The smallest absolute Gasteiger partial charge is 0.213 e. The standard InChI is InChI=1S/C7H9BrN2P/c1-5-3-7(11(2)9)10-4-6(5)8/h3-4,9H,1-2H3/q+1. The number of aromatic nitrogens is 1. The lowest BCUT2D eigenvalue weighted by molar-refractivity contribution is 1.30. The van der Waals surface area contributed by atoms with Gasteiger partial charge < -0.3 is 0 Å². The monoisotopic (exact) mass is 231 g/mol. The molecule has 0 saturated heterocycles. The van der Waals surface area contributed by atoms with Crippen LogP contribution in [0.15, 0.2) is 16.7 Å². The quantitative estimate of drug-likeness (QED) is 0.742. The van der Waals surface area contributed by atoms with Gasteiger partial charge in [0.05, 0.1) is 0 Å². The molecule has 1 heterocycles. The van der Waals surface area contributed by atoms with Crippen molar-refractivity contribution in [2.24, 2.45) is 0 Å². The Morgan fingerprint density at radius 3 is 2.73 bits per heavy atom. The molecule has 1 N–H and O–H groups in total. The van der Waals surface area contributed by atoms with Crippen LogP contribution in [0, 0.1) is 12.1 Å². The zero-order chi connectivity index (χ0) is 8.43. The fraction of sp³-hybridized carbons (Fsp3) is 0.286. The van der Waals surface area contributed by atoms with Crippen LogP contribution < -0.4 is 5.44 Å². The Bertz CT molecular complexity index is 298. The van der Waals surface area contributed by atoms with Crippen molar-refractivity contribution < 1.29 is 0 Å². The van der Waals surface area contributed by atoms with Gasteiger partial charge in [-0.3, -0.25) is 0 Å². The van der Waals surface area contributed by atoms with Gasteiger partial charge in [0.2, 0.25) is 0 Å². The van der Waals surface area contributed by atoms with Crippen LogP contribution in [0.4, 0.5) is 0 Å². The van der Waals surface area contributed by atoms with Gasteiger partial charge in [-0.25, -0.2) is 4.98 Å². The predicted molar refractivity (Wildman–Crippen MR) is 51.9 cm³/mol. The molecule has 0 saturated carbocycles. The topological polar surface area (TPSA) is 36.7 Å². The second kappa shape index (κ2) is 3.42. The maximum absolute atomic E-state index is 7.47. The molecule has 0 spiro atoms. The highest BCUT2D eigenvalue weighted by atomic mass is 79.9. The number of hydrogen-bond acceptors (Lipinski definition) is 2. The molecular formula is C7H9BrN2P+. The van der Waals surface area contributed by atoms with Crippen LogP contribution in [0.5, 0.6) is 0 Å². The minimum atomic E-state index is -0.806. The van der Waals surface area contributed by atoms with E-state index < -0.39 is 7.71 Å². The number of halogens is 1. The van der Waals surface area contributed by atoms with Gasteiger partial charge in [0.15, 0.2) is 0 Å². The Balaban J connectivity index is 3.15. The highest BCUT2D eigenvalue weighted by Gasteiger charge is 2.09. The molecule has 0 radical (unpaired) electrons. The highest BCUT2D eigenvalue weighted by molar-refractivity contribution is 9.10. The lowest BCUT2D eigenvalue weighted by Crippen LogP contribution is -2.01. The van der Waals surface area contributed by atoms with E-state index in [1.54, 1.807) is 6.20 Å². The fourth-order valence-corrected chi connectivity index (χ4v) is 1.54. The van der Waals surface area contributed by atoms with Crippen LogP contribution in [-0.2, 0) is 0 Å². The Morgan fingerprint density at radius 1 is 1.64 bits per heavy atom.